The van der Waals surface area contributed by atoms with Gasteiger partial charge in [0, 0.05) is 0 Å². The Bertz CT molecular complexity index is 1020. The van der Waals surface area contributed by atoms with Crippen LogP contribution in [0.1, 0.15) is 16.7 Å². The molecule has 0 radical (unpaired) electrons. The van der Waals surface area contributed by atoms with Crippen LogP contribution in [0.15, 0.2) is 45.8 Å². The van der Waals surface area contributed by atoms with E-state index in [-0.39, 0.29) is 11.8 Å². The minimum absolute atomic E-state index is 0.0409. The van der Waals surface area contributed by atoms with Crippen molar-refractivity contribution in [2.45, 2.75) is 13.5 Å². The van der Waals surface area contributed by atoms with Gasteiger partial charge in [-0.15, -0.1) is 6.42 Å². The van der Waals surface area contributed by atoms with Gasteiger partial charge in [-0.25, -0.2) is 0 Å². The molecule has 2 aromatic rings. The molecule has 1 aliphatic rings. The summed E-state index contributed by atoms with van der Waals surface area (Å²) in [6.45, 7) is 2.38. The maximum absolute atomic E-state index is 12.4. The summed E-state index contributed by atoms with van der Waals surface area (Å²) >= 11 is 4.37. The van der Waals surface area contributed by atoms with Gasteiger partial charge >= 0.3 is 0 Å². The normalized spacial score (nSPS) is 15.0. The van der Waals surface area contributed by atoms with E-state index in [0.29, 0.717) is 33.0 Å². The molecular formula is C22H18BrNO4S. The largest absolute Gasteiger partial charge is 0.493 e. The number of hydrogen-bond donors (Lipinski definition) is 0. The predicted octanol–water partition coefficient (Wildman–Crippen LogP) is 5.01. The molecule has 0 unspecified atom stereocenters. The molecule has 1 fully saturated rings. The van der Waals surface area contributed by atoms with Crippen LogP contribution in [0.25, 0.3) is 6.08 Å². The number of thioether (sulfide) groups is 1. The molecule has 1 heterocycles. The van der Waals surface area contributed by atoms with E-state index < -0.39 is 5.91 Å². The zero-order valence-electron chi connectivity index (χ0n) is 15.9. The van der Waals surface area contributed by atoms with Crippen molar-refractivity contribution < 1.29 is 19.1 Å². The van der Waals surface area contributed by atoms with Gasteiger partial charge in [-0.3, -0.25) is 14.5 Å². The van der Waals surface area contributed by atoms with Crippen molar-refractivity contribution in [2.24, 2.45) is 0 Å². The summed E-state index contributed by atoms with van der Waals surface area (Å²) in [7, 11) is 1.55. The molecule has 0 atom stereocenters. The maximum Gasteiger partial charge on any atom is 0.294 e. The van der Waals surface area contributed by atoms with Crippen molar-refractivity contribution in [1.82, 2.24) is 4.90 Å². The molecule has 0 saturated carbocycles. The third kappa shape index (κ3) is 4.84. The Labute approximate surface area is 182 Å². The SMILES string of the molecule is C#CCN1C(=O)SC(=Cc2cc(Br)c(OCc3ccc(C)cc3)c(OC)c2)C1=O. The number of halogens is 1. The zero-order chi connectivity index (χ0) is 21.0. The highest BCUT2D eigenvalue weighted by Gasteiger charge is 2.34. The van der Waals surface area contributed by atoms with Crippen molar-refractivity contribution in [3.05, 3.63) is 62.5 Å². The number of terminal acetylenes is 1. The molecule has 7 heteroatoms. The fourth-order valence-electron chi connectivity index (χ4n) is 2.68. The molecule has 0 bridgehead atoms. The van der Waals surface area contributed by atoms with Gasteiger partial charge < -0.3 is 9.47 Å². The monoisotopic (exact) mass is 471 g/mol. The van der Waals surface area contributed by atoms with Crippen LogP contribution in [-0.4, -0.2) is 29.7 Å². The summed E-state index contributed by atoms with van der Waals surface area (Å²) in [5.41, 5.74) is 2.92. The highest BCUT2D eigenvalue weighted by molar-refractivity contribution is 9.10. The quantitative estimate of drug-likeness (QED) is 0.437. The van der Waals surface area contributed by atoms with E-state index in [1.54, 1.807) is 19.3 Å². The van der Waals surface area contributed by atoms with Gasteiger partial charge in [0.05, 0.1) is 23.0 Å². The summed E-state index contributed by atoms with van der Waals surface area (Å²) in [4.78, 5) is 25.6. The van der Waals surface area contributed by atoms with E-state index in [1.165, 1.54) is 5.56 Å². The lowest BCUT2D eigenvalue weighted by Gasteiger charge is -2.14. The highest BCUT2D eigenvalue weighted by atomic mass is 79.9. The Kier molecular flexibility index (Phi) is 6.68. The Morgan fingerprint density at radius 1 is 1.24 bits per heavy atom. The van der Waals surface area contributed by atoms with Gasteiger partial charge in [-0.1, -0.05) is 35.7 Å². The fourth-order valence-corrected chi connectivity index (χ4v) is 4.09. The van der Waals surface area contributed by atoms with Crippen LogP contribution in [0.4, 0.5) is 4.79 Å². The average Bonchev–Trinajstić information content (AvgIpc) is 2.96. The van der Waals surface area contributed by atoms with Crippen LogP contribution < -0.4 is 9.47 Å². The number of aryl methyl sites for hydroxylation is 1. The Hall–Kier alpha value is -2.69. The van der Waals surface area contributed by atoms with Crippen LogP contribution in [0.5, 0.6) is 11.5 Å². The first-order valence-corrected chi connectivity index (χ1v) is 10.3. The van der Waals surface area contributed by atoms with Gasteiger partial charge in [0.2, 0.25) is 0 Å². The van der Waals surface area contributed by atoms with Crippen LogP contribution in [0.3, 0.4) is 0 Å². The third-order valence-corrected chi connectivity index (χ3v) is 5.67. The molecule has 0 N–H and O–H groups in total. The standard InChI is InChI=1S/C22H18BrNO4S/c1-4-9-24-21(25)19(29-22(24)26)12-16-10-17(23)20(18(11-16)27-3)28-13-15-7-5-14(2)6-8-15/h1,5-8,10-12H,9,13H2,2-3H3. The van der Waals surface area contributed by atoms with Crippen molar-refractivity contribution in [1.29, 1.82) is 0 Å². The van der Waals surface area contributed by atoms with Crippen molar-refractivity contribution >= 4 is 44.9 Å². The van der Waals surface area contributed by atoms with Gasteiger partial charge in [-0.2, -0.15) is 0 Å². The maximum atomic E-state index is 12.4. The number of ether oxygens (including phenoxy) is 2. The van der Waals surface area contributed by atoms with E-state index in [4.69, 9.17) is 15.9 Å². The second-order valence-corrected chi connectivity index (χ2v) is 8.13. The van der Waals surface area contributed by atoms with Crippen molar-refractivity contribution in [2.75, 3.05) is 13.7 Å². The molecule has 1 aliphatic heterocycles. The predicted molar refractivity (Wildman–Crippen MR) is 118 cm³/mol. The number of carbonyl (C=O) groups excluding carboxylic acids is 2. The van der Waals surface area contributed by atoms with E-state index in [0.717, 1.165) is 22.2 Å². The fraction of sp³-hybridized carbons (Fsp3) is 0.182. The summed E-state index contributed by atoms with van der Waals surface area (Å²) in [6, 6.07) is 11.6. The first-order valence-electron chi connectivity index (χ1n) is 8.67. The van der Waals surface area contributed by atoms with Gasteiger partial charge in [-0.05, 0) is 64.0 Å². The smallest absolute Gasteiger partial charge is 0.294 e. The molecule has 2 aromatic carbocycles. The van der Waals surface area contributed by atoms with E-state index in [9.17, 15) is 9.59 Å². The minimum atomic E-state index is -0.396. The number of benzene rings is 2. The number of carbonyl (C=O) groups is 2. The number of rotatable bonds is 6. The van der Waals surface area contributed by atoms with Crippen molar-refractivity contribution in [3.8, 4) is 23.8 Å². The van der Waals surface area contributed by atoms with Crippen LogP contribution in [-0.2, 0) is 11.4 Å². The van der Waals surface area contributed by atoms with Gasteiger partial charge in [0.1, 0.15) is 6.61 Å². The molecule has 2 amide bonds. The average molecular weight is 472 g/mol. The molecule has 0 aliphatic carbocycles. The van der Waals surface area contributed by atoms with E-state index in [1.807, 2.05) is 37.3 Å². The number of hydrogen-bond acceptors (Lipinski definition) is 5. The topological polar surface area (TPSA) is 55.8 Å². The summed E-state index contributed by atoms with van der Waals surface area (Å²) in [5.74, 6) is 3.00. The number of methoxy groups -OCH3 is 1. The Morgan fingerprint density at radius 2 is 1.97 bits per heavy atom. The molecular weight excluding hydrogens is 454 g/mol. The zero-order valence-corrected chi connectivity index (χ0v) is 18.3. The number of amides is 2. The third-order valence-electron chi connectivity index (χ3n) is 4.18. The molecule has 148 valence electrons. The van der Waals surface area contributed by atoms with Crippen LogP contribution >= 0.6 is 27.7 Å². The van der Waals surface area contributed by atoms with Gasteiger partial charge in [0.25, 0.3) is 11.1 Å². The molecule has 0 aromatic heterocycles. The molecule has 29 heavy (non-hydrogen) atoms. The molecule has 1 saturated heterocycles. The van der Waals surface area contributed by atoms with E-state index >= 15 is 0 Å². The summed E-state index contributed by atoms with van der Waals surface area (Å²) in [5, 5.41) is -0.372. The second kappa shape index (κ2) is 9.21. The Balaban J connectivity index is 1.83. The van der Waals surface area contributed by atoms with Crippen LogP contribution in [0, 0.1) is 19.3 Å². The minimum Gasteiger partial charge on any atom is -0.493 e. The van der Waals surface area contributed by atoms with Crippen LogP contribution in [0.2, 0.25) is 0 Å². The molecule has 0 spiro atoms. The summed E-state index contributed by atoms with van der Waals surface area (Å²) in [6.07, 6.45) is 6.86. The molecule has 5 nitrogen and oxygen atoms in total. The van der Waals surface area contributed by atoms with E-state index in [2.05, 4.69) is 21.9 Å². The first-order chi connectivity index (χ1) is 13.9. The highest BCUT2D eigenvalue weighted by Crippen LogP contribution is 2.39. The molecule has 3 rings (SSSR count). The van der Waals surface area contributed by atoms with Crippen molar-refractivity contribution in [3.63, 3.8) is 0 Å². The second-order valence-electron chi connectivity index (χ2n) is 6.28. The first kappa shape index (κ1) is 21.0. The lowest BCUT2D eigenvalue weighted by Crippen LogP contribution is -2.28. The number of imide groups is 1. The van der Waals surface area contributed by atoms with Gasteiger partial charge in [0.15, 0.2) is 11.5 Å². The lowest BCUT2D eigenvalue weighted by molar-refractivity contribution is -0.122. The Morgan fingerprint density at radius 3 is 2.62 bits per heavy atom. The number of nitrogens with zero attached hydrogens (tertiary/aromatic N) is 1. The lowest BCUT2D eigenvalue weighted by atomic mass is 10.1. The summed E-state index contributed by atoms with van der Waals surface area (Å²) < 4.78 is 12.1.